The average molecular weight is 233 g/mol. The molecular weight excluding hydrogens is 218 g/mol. The number of carboxylic acids is 2. The van der Waals surface area contributed by atoms with Crippen molar-refractivity contribution in [2.24, 2.45) is 0 Å². The van der Waals surface area contributed by atoms with Crippen molar-refractivity contribution in [1.82, 2.24) is 5.32 Å². The van der Waals surface area contributed by atoms with E-state index in [-0.39, 0.29) is 19.3 Å². The van der Waals surface area contributed by atoms with E-state index in [1.807, 2.05) is 0 Å². The molecule has 0 rings (SSSR count). The predicted molar refractivity (Wildman–Crippen MR) is 52.7 cm³/mol. The van der Waals surface area contributed by atoms with Crippen LogP contribution in [0.25, 0.3) is 0 Å². The summed E-state index contributed by atoms with van der Waals surface area (Å²) < 4.78 is 0. The lowest BCUT2D eigenvalue weighted by atomic mass is 10.1. The molecule has 0 aromatic heterocycles. The van der Waals surface area contributed by atoms with Gasteiger partial charge in [-0.3, -0.25) is 9.59 Å². The number of aliphatic hydroxyl groups is 1. The van der Waals surface area contributed by atoms with Gasteiger partial charge >= 0.3 is 11.9 Å². The number of hydrogen-bond donors (Lipinski definition) is 4. The highest BCUT2D eigenvalue weighted by atomic mass is 16.4. The Kier molecular flexibility index (Phi) is 6.09. The van der Waals surface area contributed by atoms with Crippen molar-refractivity contribution in [3.63, 3.8) is 0 Å². The van der Waals surface area contributed by atoms with Gasteiger partial charge in [0.05, 0.1) is 12.5 Å². The second kappa shape index (κ2) is 6.78. The molecule has 0 aromatic carbocycles. The van der Waals surface area contributed by atoms with E-state index in [9.17, 15) is 14.4 Å². The van der Waals surface area contributed by atoms with Crippen molar-refractivity contribution >= 4 is 17.8 Å². The molecule has 0 aliphatic heterocycles. The molecular formula is C9H15NO6. The van der Waals surface area contributed by atoms with Gasteiger partial charge in [0.1, 0.15) is 6.04 Å². The van der Waals surface area contributed by atoms with Crippen LogP contribution in [0.3, 0.4) is 0 Å². The van der Waals surface area contributed by atoms with E-state index in [4.69, 9.17) is 15.3 Å². The maximum atomic E-state index is 11.1. The normalized spacial score (nSPS) is 13.9. The number of carbonyl (C=O) groups is 3. The minimum atomic E-state index is -1.29. The minimum absolute atomic E-state index is 0.184. The smallest absolute Gasteiger partial charge is 0.326 e. The molecule has 7 heteroatoms. The summed E-state index contributed by atoms with van der Waals surface area (Å²) in [5.74, 6) is -3.04. The third kappa shape index (κ3) is 6.77. The fourth-order valence-corrected chi connectivity index (χ4v) is 1.05. The lowest BCUT2D eigenvalue weighted by molar-refractivity contribution is -0.143. The number of nitrogens with one attached hydrogen (secondary N) is 1. The first-order valence-corrected chi connectivity index (χ1v) is 4.75. The number of aliphatic hydroxyl groups excluding tert-OH is 1. The molecule has 0 saturated carbocycles. The Morgan fingerprint density at radius 3 is 2.19 bits per heavy atom. The number of carboxylic acid groups (broad SMARTS) is 2. The molecule has 0 spiro atoms. The van der Waals surface area contributed by atoms with Crippen LogP contribution in [0.5, 0.6) is 0 Å². The standard InChI is InChI=1S/C9H15NO6/c1-5(11)4-7(12)10-6(9(15)16)2-3-8(13)14/h5-6,11H,2-4H2,1H3,(H,10,12)(H,13,14)(H,15,16)/t5?,6-/m0/s1. The molecule has 7 nitrogen and oxygen atoms in total. The third-order valence-corrected chi connectivity index (χ3v) is 1.76. The summed E-state index contributed by atoms with van der Waals surface area (Å²) in [7, 11) is 0. The Hall–Kier alpha value is -1.63. The number of aliphatic carboxylic acids is 2. The van der Waals surface area contributed by atoms with Gasteiger partial charge in [0.2, 0.25) is 5.91 Å². The van der Waals surface area contributed by atoms with Gasteiger partial charge in [-0.2, -0.15) is 0 Å². The first-order valence-electron chi connectivity index (χ1n) is 4.75. The second-order valence-electron chi connectivity index (χ2n) is 3.44. The van der Waals surface area contributed by atoms with Crippen LogP contribution in [0.1, 0.15) is 26.2 Å². The molecule has 4 N–H and O–H groups in total. The van der Waals surface area contributed by atoms with E-state index in [0.29, 0.717) is 0 Å². The largest absolute Gasteiger partial charge is 0.481 e. The highest BCUT2D eigenvalue weighted by Gasteiger charge is 2.21. The fourth-order valence-electron chi connectivity index (χ4n) is 1.05. The van der Waals surface area contributed by atoms with Gasteiger partial charge < -0.3 is 20.6 Å². The zero-order valence-electron chi connectivity index (χ0n) is 8.84. The number of rotatable bonds is 7. The van der Waals surface area contributed by atoms with Crippen LogP contribution >= 0.6 is 0 Å². The van der Waals surface area contributed by atoms with Gasteiger partial charge in [0.25, 0.3) is 0 Å². The first kappa shape index (κ1) is 14.4. The van der Waals surface area contributed by atoms with Gasteiger partial charge in [-0.25, -0.2) is 4.79 Å². The zero-order chi connectivity index (χ0) is 12.7. The third-order valence-electron chi connectivity index (χ3n) is 1.76. The van der Waals surface area contributed by atoms with Crippen molar-refractivity contribution in [3.05, 3.63) is 0 Å². The first-order chi connectivity index (χ1) is 7.32. The molecule has 0 aromatic rings. The molecule has 0 fully saturated rings. The number of carbonyl (C=O) groups excluding carboxylic acids is 1. The van der Waals surface area contributed by atoms with Crippen LogP contribution in [0.4, 0.5) is 0 Å². The van der Waals surface area contributed by atoms with Crippen molar-refractivity contribution < 1.29 is 29.7 Å². The molecule has 16 heavy (non-hydrogen) atoms. The highest BCUT2D eigenvalue weighted by Crippen LogP contribution is 1.99. The van der Waals surface area contributed by atoms with E-state index in [2.05, 4.69) is 5.32 Å². The molecule has 0 radical (unpaired) electrons. The summed E-state index contributed by atoms with van der Waals surface area (Å²) in [6.07, 6.45) is -1.60. The Bertz CT molecular complexity index is 275. The van der Waals surface area contributed by atoms with Crippen LogP contribution in [0.15, 0.2) is 0 Å². The lowest BCUT2D eigenvalue weighted by Crippen LogP contribution is -2.41. The molecule has 1 unspecified atom stereocenters. The van der Waals surface area contributed by atoms with E-state index < -0.39 is 30.0 Å². The van der Waals surface area contributed by atoms with E-state index in [1.54, 1.807) is 0 Å². The van der Waals surface area contributed by atoms with Crippen molar-refractivity contribution in [2.45, 2.75) is 38.3 Å². The van der Waals surface area contributed by atoms with Crippen LogP contribution in [0.2, 0.25) is 0 Å². The highest BCUT2D eigenvalue weighted by molar-refractivity contribution is 5.84. The van der Waals surface area contributed by atoms with Gasteiger partial charge in [0.15, 0.2) is 0 Å². The Balaban J connectivity index is 4.17. The summed E-state index contributed by atoms with van der Waals surface area (Å²) in [5, 5.41) is 28.1. The van der Waals surface area contributed by atoms with Gasteiger partial charge in [0, 0.05) is 6.42 Å². The molecule has 2 atom stereocenters. The zero-order valence-corrected chi connectivity index (χ0v) is 8.84. The van der Waals surface area contributed by atoms with Crippen LogP contribution < -0.4 is 5.32 Å². The molecule has 0 bridgehead atoms. The summed E-state index contributed by atoms with van der Waals surface area (Å²) in [6.45, 7) is 1.40. The summed E-state index contributed by atoms with van der Waals surface area (Å²) in [6, 6.07) is -1.23. The Morgan fingerprint density at radius 2 is 1.81 bits per heavy atom. The lowest BCUT2D eigenvalue weighted by Gasteiger charge is -2.14. The van der Waals surface area contributed by atoms with Gasteiger partial charge in [-0.1, -0.05) is 0 Å². The van der Waals surface area contributed by atoms with E-state index in [0.717, 1.165) is 0 Å². The average Bonchev–Trinajstić information content (AvgIpc) is 2.09. The summed E-state index contributed by atoms with van der Waals surface area (Å²) in [4.78, 5) is 32.0. The topological polar surface area (TPSA) is 124 Å². The monoisotopic (exact) mass is 233 g/mol. The predicted octanol–water partition coefficient (Wildman–Crippen LogP) is -0.808. The molecule has 0 saturated heterocycles. The van der Waals surface area contributed by atoms with Crippen molar-refractivity contribution in [2.75, 3.05) is 0 Å². The summed E-state index contributed by atoms with van der Waals surface area (Å²) >= 11 is 0. The van der Waals surface area contributed by atoms with E-state index in [1.165, 1.54) is 6.92 Å². The second-order valence-corrected chi connectivity index (χ2v) is 3.44. The fraction of sp³-hybridized carbons (Fsp3) is 0.667. The minimum Gasteiger partial charge on any atom is -0.481 e. The van der Waals surface area contributed by atoms with Crippen LogP contribution in [-0.2, 0) is 14.4 Å². The van der Waals surface area contributed by atoms with E-state index >= 15 is 0 Å². The Labute approximate surface area is 92.1 Å². The van der Waals surface area contributed by atoms with Gasteiger partial charge in [-0.05, 0) is 13.3 Å². The Morgan fingerprint density at radius 1 is 1.25 bits per heavy atom. The van der Waals surface area contributed by atoms with Crippen molar-refractivity contribution in [3.8, 4) is 0 Å². The number of amides is 1. The SMILES string of the molecule is CC(O)CC(=O)N[C@@H](CCC(=O)O)C(=O)O. The summed E-state index contributed by atoms with van der Waals surface area (Å²) in [5.41, 5.74) is 0. The molecule has 0 heterocycles. The molecule has 0 aliphatic carbocycles. The maximum absolute atomic E-state index is 11.1. The quantitative estimate of drug-likeness (QED) is 0.456. The maximum Gasteiger partial charge on any atom is 0.326 e. The van der Waals surface area contributed by atoms with Crippen LogP contribution in [-0.4, -0.2) is 45.3 Å². The van der Waals surface area contributed by atoms with Gasteiger partial charge in [-0.15, -0.1) is 0 Å². The molecule has 92 valence electrons. The van der Waals surface area contributed by atoms with Crippen LogP contribution in [0, 0.1) is 0 Å². The molecule has 1 amide bonds. The number of hydrogen-bond acceptors (Lipinski definition) is 4. The molecule has 0 aliphatic rings. The van der Waals surface area contributed by atoms with Crippen molar-refractivity contribution in [1.29, 1.82) is 0 Å².